The molecule has 3 heteroatoms. The molecule has 1 rings (SSSR count). The molecule has 0 saturated carbocycles. The van der Waals surface area contributed by atoms with Crippen LogP contribution in [-0.2, 0) is 11.8 Å². The van der Waals surface area contributed by atoms with E-state index in [1.165, 1.54) is 10.7 Å². The molecule has 1 heterocycles. The van der Waals surface area contributed by atoms with Gasteiger partial charge in [0, 0.05) is 5.41 Å². The molecule has 0 spiro atoms. The van der Waals surface area contributed by atoms with E-state index >= 15 is 0 Å². The molecule has 0 atom stereocenters. The van der Waals surface area contributed by atoms with Crippen molar-refractivity contribution in [3.8, 4) is 0 Å². The van der Waals surface area contributed by atoms with Gasteiger partial charge < -0.3 is 5.73 Å². The fourth-order valence-corrected chi connectivity index (χ4v) is 2.09. The van der Waals surface area contributed by atoms with Crippen LogP contribution in [0.2, 0.25) is 0 Å². The second-order valence-corrected chi connectivity index (χ2v) is 5.02. The number of hydrogen-bond donors (Lipinski definition) is 1. The second-order valence-electron chi connectivity index (χ2n) is 4.05. The molecule has 12 heavy (non-hydrogen) atoms. The van der Waals surface area contributed by atoms with Crippen molar-refractivity contribution in [3.63, 3.8) is 0 Å². The normalized spacial score (nSPS) is 12.0. The number of aromatic nitrogens is 1. The van der Waals surface area contributed by atoms with Crippen LogP contribution in [-0.4, -0.2) is 6.54 Å². The van der Waals surface area contributed by atoms with Gasteiger partial charge in [0.15, 0.2) is 5.69 Å². The van der Waals surface area contributed by atoms with Gasteiger partial charge in [-0.3, -0.25) is 0 Å². The highest BCUT2D eigenvalue weighted by Crippen LogP contribution is 2.20. The third-order valence-corrected chi connectivity index (χ3v) is 2.75. The highest BCUT2D eigenvalue weighted by Gasteiger charge is 2.23. The van der Waals surface area contributed by atoms with Crippen LogP contribution in [0.1, 0.15) is 31.5 Å². The van der Waals surface area contributed by atoms with Crippen LogP contribution in [0.25, 0.3) is 0 Å². The van der Waals surface area contributed by atoms with Crippen molar-refractivity contribution in [1.29, 1.82) is 0 Å². The average Bonchev–Trinajstić information content (AvgIpc) is 2.35. The molecule has 0 aliphatic rings. The van der Waals surface area contributed by atoms with Crippen LogP contribution in [0, 0.1) is 0 Å². The largest absolute Gasteiger partial charge is 0.357 e. The fourth-order valence-electron chi connectivity index (χ4n) is 0.985. The van der Waals surface area contributed by atoms with Crippen LogP contribution < -0.4 is 10.7 Å². The molecular formula is C9H18N2S+2. The topological polar surface area (TPSA) is 41.8 Å². The maximum Gasteiger partial charge on any atom is 0.241 e. The van der Waals surface area contributed by atoms with Gasteiger partial charge in [0.1, 0.15) is 0 Å². The predicted molar refractivity (Wildman–Crippen MR) is 51.0 cm³/mol. The Morgan fingerprint density at radius 2 is 2.17 bits per heavy atom. The summed E-state index contributed by atoms with van der Waals surface area (Å²) in [6, 6.07) is 0. The minimum atomic E-state index is 0.246. The predicted octanol–water partition coefficient (Wildman–Crippen LogP) is 0.644. The van der Waals surface area contributed by atoms with Gasteiger partial charge in [0.2, 0.25) is 5.01 Å². The van der Waals surface area contributed by atoms with E-state index in [9.17, 15) is 0 Å². The molecule has 1 aromatic heterocycles. The molecule has 1 aromatic rings. The summed E-state index contributed by atoms with van der Waals surface area (Å²) in [6.07, 6.45) is 1.07. The summed E-state index contributed by atoms with van der Waals surface area (Å²) in [4.78, 5) is 3.43. The van der Waals surface area contributed by atoms with Gasteiger partial charge in [0.25, 0.3) is 0 Å². The van der Waals surface area contributed by atoms with E-state index < -0.39 is 0 Å². The second kappa shape index (κ2) is 3.54. The summed E-state index contributed by atoms with van der Waals surface area (Å²) in [5, 5.41) is 3.56. The Morgan fingerprint density at radius 3 is 2.58 bits per heavy atom. The quantitative estimate of drug-likeness (QED) is 0.704. The minimum Gasteiger partial charge on any atom is -0.357 e. The van der Waals surface area contributed by atoms with Gasteiger partial charge in [-0.1, -0.05) is 32.1 Å². The molecule has 0 bridgehead atoms. The minimum absolute atomic E-state index is 0.246. The Bertz CT molecular complexity index is 247. The standard InChI is InChI=1S/C9H16N2S/c1-9(2,3)7-6-12-8(11-7)4-5-10/h6H,4-5,10H2,1-3H3/p+2. The summed E-state index contributed by atoms with van der Waals surface area (Å²) in [7, 11) is 0. The molecule has 4 N–H and O–H groups in total. The Morgan fingerprint density at radius 1 is 1.50 bits per heavy atom. The molecule has 0 aliphatic heterocycles. The summed E-state index contributed by atoms with van der Waals surface area (Å²) in [5.41, 5.74) is 5.41. The van der Waals surface area contributed by atoms with E-state index in [2.05, 4.69) is 36.9 Å². The first-order chi connectivity index (χ1) is 5.54. The maximum absolute atomic E-state index is 3.84. The lowest BCUT2D eigenvalue weighted by molar-refractivity contribution is -0.412. The number of nitrogens with one attached hydrogen (secondary N) is 1. The molecule has 2 nitrogen and oxygen atoms in total. The van der Waals surface area contributed by atoms with Crippen molar-refractivity contribution in [2.75, 3.05) is 6.54 Å². The van der Waals surface area contributed by atoms with Crippen LogP contribution in [0.15, 0.2) is 5.38 Å². The van der Waals surface area contributed by atoms with E-state index in [1.807, 2.05) is 0 Å². The van der Waals surface area contributed by atoms with E-state index in [-0.39, 0.29) is 5.41 Å². The monoisotopic (exact) mass is 186 g/mol. The lowest BCUT2D eigenvalue weighted by Crippen LogP contribution is -2.51. The van der Waals surface area contributed by atoms with E-state index in [1.54, 1.807) is 11.3 Å². The van der Waals surface area contributed by atoms with Crippen molar-refractivity contribution in [1.82, 2.24) is 0 Å². The summed E-state index contributed by atoms with van der Waals surface area (Å²) < 4.78 is 0. The zero-order chi connectivity index (χ0) is 9.19. The van der Waals surface area contributed by atoms with Gasteiger partial charge >= 0.3 is 0 Å². The van der Waals surface area contributed by atoms with Gasteiger partial charge in [-0.25, -0.2) is 4.98 Å². The highest BCUT2D eigenvalue weighted by atomic mass is 32.1. The lowest BCUT2D eigenvalue weighted by atomic mass is 9.93. The van der Waals surface area contributed by atoms with Crippen LogP contribution in [0.4, 0.5) is 0 Å². The van der Waals surface area contributed by atoms with E-state index in [4.69, 9.17) is 0 Å². The van der Waals surface area contributed by atoms with Crippen LogP contribution in [0.5, 0.6) is 0 Å². The summed E-state index contributed by atoms with van der Waals surface area (Å²) in [6.45, 7) is 7.64. The molecule has 0 fully saturated rings. The maximum atomic E-state index is 3.84. The van der Waals surface area contributed by atoms with Crippen LogP contribution >= 0.6 is 11.3 Å². The summed E-state index contributed by atoms with van der Waals surface area (Å²) in [5.74, 6) is 0. The Balaban J connectivity index is 2.77. The number of quaternary nitrogens is 1. The molecule has 68 valence electrons. The SMILES string of the molecule is CC(C)(C)c1csc(CC[NH3+])[nH+]1. The van der Waals surface area contributed by atoms with Gasteiger partial charge in [-0.15, -0.1) is 0 Å². The van der Waals surface area contributed by atoms with Crippen molar-refractivity contribution in [3.05, 3.63) is 16.1 Å². The van der Waals surface area contributed by atoms with Crippen LogP contribution in [0.3, 0.4) is 0 Å². The van der Waals surface area contributed by atoms with E-state index in [0.717, 1.165) is 13.0 Å². The zero-order valence-corrected chi connectivity index (χ0v) is 8.92. The van der Waals surface area contributed by atoms with Gasteiger partial charge in [-0.05, 0) is 0 Å². The number of aromatic amines is 1. The van der Waals surface area contributed by atoms with Crippen molar-refractivity contribution < 1.29 is 10.7 Å². The third-order valence-electron chi connectivity index (χ3n) is 1.80. The molecule has 0 saturated heterocycles. The summed E-state index contributed by atoms with van der Waals surface area (Å²) >= 11 is 1.81. The number of hydrogen-bond acceptors (Lipinski definition) is 1. The molecule has 0 radical (unpaired) electrons. The molecular weight excluding hydrogens is 168 g/mol. The first kappa shape index (κ1) is 9.68. The Kier molecular flexibility index (Phi) is 2.85. The first-order valence-electron chi connectivity index (χ1n) is 4.33. The third kappa shape index (κ3) is 2.29. The molecule has 0 aromatic carbocycles. The number of rotatable bonds is 2. The fraction of sp³-hybridized carbons (Fsp3) is 0.667. The van der Waals surface area contributed by atoms with Crippen molar-refractivity contribution in [2.24, 2.45) is 0 Å². The number of H-pyrrole nitrogens is 1. The Hall–Kier alpha value is -0.410. The molecule has 0 amide bonds. The first-order valence-corrected chi connectivity index (χ1v) is 5.21. The average molecular weight is 186 g/mol. The van der Waals surface area contributed by atoms with Gasteiger partial charge in [-0.2, -0.15) is 0 Å². The van der Waals surface area contributed by atoms with Gasteiger partial charge in [0.05, 0.1) is 18.3 Å². The molecule has 0 unspecified atom stereocenters. The van der Waals surface area contributed by atoms with Crippen molar-refractivity contribution in [2.45, 2.75) is 32.6 Å². The smallest absolute Gasteiger partial charge is 0.241 e. The van der Waals surface area contributed by atoms with Crippen molar-refractivity contribution >= 4 is 11.3 Å². The zero-order valence-electron chi connectivity index (χ0n) is 8.11. The number of thiazole rings is 1. The Labute approximate surface area is 77.8 Å². The lowest BCUT2D eigenvalue weighted by Gasteiger charge is -2.08. The molecule has 0 aliphatic carbocycles. The highest BCUT2D eigenvalue weighted by molar-refractivity contribution is 7.09. The van der Waals surface area contributed by atoms with E-state index in [0.29, 0.717) is 0 Å².